The van der Waals surface area contributed by atoms with Crippen LogP contribution >= 0.6 is 22.6 Å². The van der Waals surface area contributed by atoms with E-state index in [1.165, 1.54) is 38.5 Å². The molecule has 0 aromatic carbocycles. The zero-order valence-corrected chi connectivity index (χ0v) is 10.8. The molecule has 0 N–H and O–H groups in total. The second-order valence-corrected chi connectivity index (χ2v) is 5.39. The molecule has 0 bridgehead atoms. The number of ether oxygens (including phenoxy) is 2. The summed E-state index contributed by atoms with van der Waals surface area (Å²) in [5.74, 6) is 0. The van der Waals surface area contributed by atoms with E-state index in [2.05, 4.69) is 22.6 Å². The van der Waals surface area contributed by atoms with Gasteiger partial charge >= 0.3 is 0 Å². The Morgan fingerprint density at radius 2 is 1.86 bits per heavy atom. The summed E-state index contributed by atoms with van der Waals surface area (Å²) in [5, 5.41) is 0. The van der Waals surface area contributed by atoms with E-state index in [4.69, 9.17) is 9.47 Å². The standard InChI is InChI=1S/C11H19IO2/c12-7-10-8-13-9-11(14-10)5-3-1-2-4-6-11/h10H,1-9H2. The Labute approximate surface area is 99.9 Å². The van der Waals surface area contributed by atoms with Crippen molar-refractivity contribution in [2.75, 3.05) is 17.6 Å². The molecule has 1 saturated carbocycles. The average molecular weight is 310 g/mol. The first-order valence-corrected chi connectivity index (χ1v) is 7.19. The lowest BCUT2D eigenvalue weighted by molar-refractivity contribution is -0.195. The molecule has 0 aromatic heterocycles. The minimum atomic E-state index is 0.0879. The van der Waals surface area contributed by atoms with Gasteiger partial charge in [-0.2, -0.15) is 0 Å². The lowest BCUT2D eigenvalue weighted by Crippen LogP contribution is -2.47. The Kier molecular flexibility index (Phi) is 4.08. The van der Waals surface area contributed by atoms with Gasteiger partial charge in [-0.15, -0.1) is 0 Å². The van der Waals surface area contributed by atoms with Crippen molar-refractivity contribution in [3.63, 3.8) is 0 Å². The average Bonchev–Trinajstić information content (AvgIpc) is 2.44. The molecular formula is C11H19IO2. The van der Waals surface area contributed by atoms with Crippen LogP contribution < -0.4 is 0 Å². The molecule has 1 spiro atoms. The van der Waals surface area contributed by atoms with Crippen molar-refractivity contribution in [1.29, 1.82) is 0 Å². The molecule has 1 aliphatic heterocycles. The van der Waals surface area contributed by atoms with Crippen LogP contribution in [-0.2, 0) is 9.47 Å². The highest BCUT2D eigenvalue weighted by atomic mass is 127. The van der Waals surface area contributed by atoms with Crippen LogP contribution in [0.3, 0.4) is 0 Å². The summed E-state index contributed by atoms with van der Waals surface area (Å²) in [6, 6.07) is 0. The van der Waals surface area contributed by atoms with Crippen LogP contribution in [0.5, 0.6) is 0 Å². The van der Waals surface area contributed by atoms with E-state index < -0.39 is 0 Å². The van der Waals surface area contributed by atoms with Gasteiger partial charge in [0.1, 0.15) is 0 Å². The van der Waals surface area contributed by atoms with Crippen molar-refractivity contribution in [3.05, 3.63) is 0 Å². The summed E-state index contributed by atoms with van der Waals surface area (Å²) in [5.41, 5.74) is 0.0879. The van der Waals surface area contributed by atoms with Gasteiger partial charge in [-0.3, -0.25) is 0 Å². The molecule has 0 aromatic rings. The maximum absolute atomic E-state index is 6.21. The Balaban J connectivity index is 1.97. The van der Waals surface area contributed by atoms with Gasteiger partial charge in [-0.25, -0.2) is 0 Å². The lowest BCUT2D eigenvalue weighted by Gasteiger charge is -2.40. The fraction of sp³-hybridized carbons (Fsp3) is 1.00. The van der Waals surface area contributed by atoms with Crippen LogP contribution in [0.1, 0.15) is 38.5 Å². The van der Waals surface area contributed by atoms with Crippen LogP contribution in [-0.4, -0.2) is 29.3 Å². The Morgan fingerprint density at radius 3 is 2.50 bits per heavy atom. The zero-order chi connectivity index (χ0) is 9.86. The number of hydrogen-bond donors (Lipinski definition) is 0. The van der Waals surface area contributed by atoms with Crippen molar-refractivity contribution in [2.24, 2.45) is 0 Å². The molecule has 1 aliphatic carbocycles. The molecular weight excluding hydrogens is 291 g/mol. The van der Waals surface area contributed by atoms with Gasteiger partial charge in [0.15, 0.2) is 0 Å². The van der Waals surface area contributed by atoms with Crippen LogP contribution in [0.15, 0.2) is 0 Å². The van der Waals surface area contributed by atoms with Crippen molar-refractivity contribution < 1.29 is 9.47 Å². The largest absolute Gasteiger partial charge is 0.376 e. The fourth-order valence-electron chi connectivity index (χ4n) is 2.51. The van der Waals surface area contributed by atoms with Gasteiger partial charge in [0.05, 0.1) is 24.9 Å². The Bertz CT molecular complexity index is 176. The summed E-state index contributed by atoms with van der Waals surface area (Å²) >= 11 is 2.39. The van der Waals surface area contributed by atoms with E-state index in [1.807, 2.05) is 0 Å². The Morgan fingerprint density at radius 1 is 1.14 bits per heavy atom. The summed E-state index contributed by atoms with van der Waals surface area (Å²) in [6.07, 6.45) is 8.14. The molecule has 1 saturated heterocycles. The molecule has 3 heteroatoms. The highest BCUT2D eigenvalue weighted by Crippen LogP contribution is 2.34. The quantitative estimate of drug-likeness (QED) is 0.548. The number of rotatable bonds is 1. The second-order valence-electron chi connectivity index (χ2n) is 4.51. The molecule has 1 atom stereocenters. The van der Waals surface area contributed by atoms with E-state index in [0.29, 0.717) is 6.10 Å². The maximum Gasteiger partial charge on any atom is 0.0920 e. The first-order valence-electron chi connectivity index (χ1n) is 5.66. The van der Waals surface area contributed by atoms with E-state index in [1.54, 1.807) is 0 Å². The van der Waals surface area contributed by atoms with Crippen LogP contribution in [0.2, 0.25) is 0 Å². The molecule has 1 heterocycles. The third-order valence-electron chi connectivity index (χ3n) is 3.27. The normalized spacial score (nSPS) is 32.8. The van der Waals surface area contributed by atoms with Gasteiger partial charge < -0.3 is 9.47 Å². The minimum Gasteiger partial charge on any atom is -0.376 e. The molecule has 82 valence electrons. The van der Waals surface area contributed by atoms with E-state index >= 15 is 0 Å². The lowest BCUT2D eigenvalue weighted by atomic mass is 9.94. The van der Waals surface area contributed by atoms with Crippen LogP contribution in [0, 0.1) is 0 Å². The predicted molar refractivity (Wildman–Crippen MR) is 65.0 cm³/mol. The summed E-state index contributed by atoms with van der Waals surface area (Å²) in [7, 11) is 0. The summed E-state index contributed by atoms with van der Waals surface area (Å²) in [4.78, 5) is 0. The van der Waals surface area contributed by atoms with Gasteiger partial charge in [0.25, 0.3) is 0 Å². The molecule has 1 unspecified atom stereocenters. The van der Waals surface area contributed by atoms with Crippen molar-refractivity contribution in [3.8, 4) is 0 Å². The highest BCUT2D eigenvalue weighted by molar-refractivity contribution is 14.1. The third kappa shape index (κ3) is 2.61. The van der Waals surface area contributed by atoms with Crippen molar-refractivity contribution in [1.82, 2.24) is 0 Å². The molecule has 14 heavy (non-hydrogen) atoms. The van der Waals surface area contributed by atoms with Crippen molar-refractivity contribution >= 4 is 22.6 Å². The molecule has 2 rings (SSSR count). The minimum absolute atomic E-state index is 0.0879. The van der Waals surface area contributed by atoms with Gasteiger partial charge in [-0.05, 0) is 12.8 Å². The first-order chi connectivity index (χ1) is 6.85. The SMILES string of the molecule is ICC1COCC2(CCCCCC2)O1. The topological polar surface area (TPSA) is 18.5 Å². The van der Waals surface area contributed by atoms with Gasteiger partial charge in [0.2, 0.25) is 0 Å². The molecule has 2 aliphatic rings. The molecule has 0 radical (unpaired) electrons. The highest BCUT2D eigenvalue weighted by Gasteiger charge is 2.37. The molecule has 2 fully saturated rings. The first kappa shape index (κ1) is 11.1. The van der Waals surface area contributed by atoms with Crippen molar-refractivity contribution in [2.45, 2.75) is 50.2 Å². The van der Waals surface area contributed by atoms with E-state index in [9.17, 15) is 0 Å². The van der Waals surface area contributed by atoms with E-state index in [-0.39, 0.29) is 5.60 Å². The zero-order valence-electron chi connectivity index (χ0n) is 8.64. The molecule has 2 nitrogen and oxygen atoms in total. The predicted octanol–water partition coefficient (Wildman–Crippen LogP) is 2.93. The number of hydrogen-bond acceptors (Lipinski definition) is 2. The van der Waals surface area contributed by atoms with Gasteiger partial charge in [-0.1, -0.05) is 48.3 Å². The second kappa shape index (κ2) is 5.12. The summed E-state index contributed by atoms with van der Waals surface area (Å²) < 4.78 is 13.0. The van der Waals surface area contributed by atoms with Gasteiger partial charge in [0, 0.05) is 4.43 Å². The fourth-order valence-corrected chi connectivity index (χ4v) is 2.94. The third-order valence-corrected chi connectivity index (χ3v) is 4.25. The smallest absolute Gasteiger partial charge is 0.0920 e. The monoisotopic (exact) mass is 310 g/mol. The maximum atomic E-state index is 6.21. The molecule has 0 amide bonds. The number of alkyl halides is 1. The van der Waals surface area contributed by atoms with Crippen LogP contribution in [0.25, 0.3) is 0 Å². The number of halogens is 1. The summed E-state index contributed by atoms with van der Waals surface area (Å²) in [6.45, 7) is 1.63. The van der Waals surface area contributed by atoms with E-state index in [0.717, 1.165) is 17.6 Å². The Hall–Kier alpha value is 0.650. The van der Waals surface area contributed by atoms with Crippen LogP contribution in [0.4, 0.5) is 0 Å².